The maximum atomic E-state index is 13.9. The van der Waals surface area contributed by atoms with E-state index in [4.69, 9.17) is 11.6 Å². The molecule has 1 saturated heterocycles. The molecule has 4 nitrogen and oxygen atoms in total. The molecule has 8 heteroatoms. The van der Waals surface area contributed by atoms with Crippen LogP contribution in [0.1, 0.15) is 23.2 Å². The summed E-state index contributed by atoms with van der Waals surface area (Å²) >= 11 is 5.91. The predicted octanol–water partition coefficient (Wildman–Crippen LogP) is 3.90. The lowest BCUT2D eigenvalue weighted by Gasteiger charge is -2.31. The zero-order valence-electron chi connectivity index (χ0n) is 13.7. The number of hydrogen-bond donors (Lipinski definition) is 0. The summed E-state index contributed by atoms with van der Waals surface area (Å²) in [6.07, 6.45) is 1.00. The molecular formula is C18H16ClF2NO3S. The molecule has 0 saturated carbocycles. The van der Waals surface area contributed by atoms with Gasteiger partial charge in [0, 0.05) is 35.7 Å². The van der Waals surface area contributed by atoms with Crippen molar-refractivity contribution in [1.82, 2.24) is 4.31 Å². The largest absolute Gasteiger partial charge is 0.294 e. The third kappa shape index (κ3) is 3.79. The number of sulfonamides is 1. The summed E-state index contributed by atoms with van der Waals surface area (Å²) in [6.45, 7) is 0.128. The highest BCUT2D eigenvalue weighted by atomic mass is 35.5. The van der Waals surface area contributed by atoms with Gasteiger partial charge < -0.3 is 0 Å². The van der Waals surface area contributed by atoms with Crippen LogP contribution in [0.25, 0.3) is 0 Å². The number of hydrogen-bond acceptors (Lipinski definition) is 3. The van der Waals surface area contributed by atoms with E-state index in [0.29, 0.717) is 29.5 Å². The fraction of sp³-hybridized carbons (Fsp3) is 0.278. The van der Waals surface area contributed by atoms with Gasteiger partial charge in [0.1, 0.15) is 16.5 Å². The minimum Gasteiger partial charge on any atom is -0.294 e. The number of rotatable bonds is 4. The van der Waals surface area contributed by atoms with E-state index in [1.54, 1.807) is 18.2 Å². The van der Waals surface area contributed by atoms with E-state index < -0.39 is 32.5 Å². The van der Waals surface area contributed by atoms with Gasteiger partial charge in [-0.05, 0) is 37.1 Å². The maximum Gasteiger partial charge on any atom is 0.246 e. The summed E-state index contributed by atoms with van der Waals surface area (Å²) in [6, 6.07) is 8.80. The lowest BCUT2D eigenvalue weighted by Crippen LogP contribution is -2.42. The van der Waals surface area contributed by atoms with E-state index in [1.807, 2.05) is 0 Å². The molecule has 2 aromatic rings. The highest BCUT2D eigenvalue weighted by Gasteiger charge is 2.35. The van der Waals surface area contributed by atoms with E-state index in [9.17, 15) is 22.0 Å². The summed E-state index contributed by atoms with van der Waals surface area (Å²) in [7, 11) is -4.15. The molecule has 2 aromatic carbocycles. The molecule has 1 fully saturated rings. The number of nitrogens with zero attached hydrogens (tertiary/aromatic N) is 1. The highest BCUT2D eigenvalue weighted by molar-refractivity contribution is 7.89. The Morgan fingerprint density at radius 3 is 2.62 bits per heavy atom. The number of piperidine rings is 1. The molecule has 0 N–H and O–H groups in total. The van der Waals surface area contributed by atoms with Crippen LogP contribution in [0.4, 0.5) is 8.78 Å². The smallest absolute Gasteiger partial charge is 0.246 e. The van der Waals surface area contributed by atoms with Crippen LogP contribution in [0.3, 0.4) is 0 Å². The lowest BCUT2D eigenvalue weighted by atomic mass is 9.91. The van der Waals surface area contributed by atoms with Gasteiger partial charge in [0.25, 0.3) is 0 Å². The molecule has 26 heavy (non-hydrogen) atoms. The van der Waals surface area contributed by atoms with Crippen molar-refractivity contribution in [1.29, 1.82) is 0 Å². The number of halogens is 3. The van der Waals surface area contributed by atoms with Crippen LogP contribution in [0, 0.1) is 17.6 Å². The van der Waals surface area contributed by atoms with Crippen LogP contribution >= 0.6 is 11.6 Å². The van der Waals surface area contributed by atoms with Crippen molar-refractivity contribution in [2.24, 2.45) is 5.92 Å². The van der Waals surface area contributed by atoms with Crippen LogP contribution < -0.4 is 0 Å². The summed E-state index contributed by atoms with van der Waals surface area (Å²) < 4.78 is 53.5. The molecule has 0 aromatic heterocycles. The molecule has 0 unspecified atom stereocenters. The third-order valence-corrected chi connectivity index (χ3v) is 6.51. The first-order valence-corrected chi connectivity index (χ1v) is 9.86. The van der Waals surface area contributed by atoms with Gasteiger partial charge in [-0.15, -0.1) is 0 Å². The normalized spacial score (nSPS) is 18.7. The second kappa shape index (κ2) is 7.42. The molecule has 0 aliphatic carbocycles. The second-order valence-electron chi connectivity index (χ2n) is 6.15. The first-order valence-electron chi connectivity index (χ1n) is 8.04. The van der Waals surface area contributed by atoms with Crippen LogP contribution in [0.2, 0.25) is 5.02 Å². The average molecular weight is 400 g/mol. The zero-order valence-corrected chi connectivity index (χ0v) is 15.2. The SMILES string of the molecule is O=C(c1cccc(Cl)c1)[C@@H]1CCCN(S(=O)(=O)c2ccc(F)cc2F)C1. The van der Waals surface area contributed by atoms with E-state index in [1.165, 1.54) is 6.07 Å². The summed E-state index contributed by atoms with van der Waals surface area (Å²) in [4.78, 5) is 12.1. The summed E-state index contributed by atoms with van der Waals surface area (Å²) in [5, 5.41) is 0.421. The molecule has 1 aliphatic rings. The van der Waals surface area contributed by atoms with Gasteiger partial charge in [-0.25, -0.2) is 17.2 Å². The molecule has 1 atom stereocenters. The van der Waals surface area contributed by atoms with Gasteiger partial charge >= 0.3 is 0 Å². The van der Waals surface area contributed by atoms with Crippen molar-refractivity contribution in [3.05, 3.63) is 64.7 Å². The standard InChI is InChI=1S/C18H16ClF2NO3S/c19-14-5-1-3-12(9-14)18(23)13-4-2-8-22(11-13)26(24,25)17-7-6-15(20)10-16(17)21/h1,3,5-7,9-10,13H,2,4,8,11H2/t13-/m1/s1. The molecule has 0 bridgehead atoms. The Hall–Kier alpha value is -1.83. The number of ketones is 1. The van der Waals surface area contributed by atoms with Gasteiger partial charge in [-0.1, -0.05) is 23.7 Å². The quantitative estimate of drug-likeness (QED) is 0.732. The molecule has 138 valence electrons. The first-order chi connectivity index (χ1) is 12.3. The molecule has 3 rings (SSSR count). The fourth-order valence-electron chi connectivity index (χ4n) is 3.08. The zero-order chi connectivity index (χ0) is 18.9. The Kier molecular flexibility index (Phi) is 5.41. The lowest BCUT2D eigenvalue weighted by molar-refractivity contribution is 0.0872. The summed E-state index contributed by atoms with van der Waals surface area (Å²) in [5.41, 5.74) is 0.412. The first kappa shape index (κ1) is 18.9. The highest BCUT2D eigenvalue weighted by Crippen LogP contribution is 2.28. The second-order valence-corrected chi connectivity index (χ2v) is 8.49. The molecule has 0 spiro atoms. The van der Waals surface area contributed by atoms with Crippen LogP contribution in [0.15, 0.2) is 47.4 Å². The van der Waals surface area contributed by atoms with Crippen LogP contribution in [0.5, 0.6) is 0 Å². The molecule has 0 amide bonds. The van der Waals surface area contributed by atoms with Crippen molar-refractivity contribution >= 4 is 27.4 Å². The van der Waals surface area contributed by atoms with E-state index in [0.717, 1.165) is 16.4 Å². The van der Waals surface area contributed by atoms with Gasteiger partial charge in [0.15, 0.2) is 5.78 Å². The molecule has 1 heterocycles. The number of carbonyl (C=O) groups excluding carboxylic acids is 1. The molecule has 1 aliphatic heterocycles. The minimum atomic E-state index is -4.15. The van der Waals surface area contributed by atoms with E-state index in [-0.39, 0.29) is 18.9 Å². The van der Waals surface area contributed by atoms with Gasteiger partial charge in [-0.2, -0.15) is 4.31 Å². The van der Waals surface area contributed by atoms with Crippen molar-refractivity contribution in [3.8, 4) is 0 Å². The van der Waals surface area contributed by atoms with E-state index in [2.05, 4.69) is 0 Å². The van der Waals surface area contributed by atoms with Crippen molar-refractivity contribution in [3.63, 3.8) is 0 Å². The molecular weight excluding hydrogens is 384 g/mol. The van der Waals surface area contributed by atoms with Gasteiger partial charge in [0.05, 0.1) is 0 Å². The van der Waals surface area contributed by atoms with Crippen LogP contribution in [-0.2, 0) is 10.0 Å². The third-order valence-electron chi connectivity index (χ3n) is 4.38. The topological polar surface area (TPSA) is 54.5 Å². The number of Topliss-reactive ketones (excluding diaryl/α,β-unsaturated/α-hetero) is 1. The number of benzene rings is 2. The van der Waals surface area contributed by atoms with Gasteiger partial charge in [0.2, 0.25) is 10.0 Å². The van der Waals surface area contributed by atoms with Crippen LogP contribution in [-0.4, -0.2) is 31.6 Å². The maximum absolute atomic E-state index is 13.9. The molecule has 0 radical (unpaired) electrons. The predicted molar refractivity (Wildman–Crippen MR) is 93.6 cm³/mol. The Bertz CT molecular complexity index is 949. The van der Waals surface area contributed by atoms with Crippen molar-refractivity contribution in [2.75, 3.05) is 13.1 Å². The van der Waals surface area contributed by atoms with Crippen molar-refractivity contribution in [2.45, 2.75) is 17.7 Å². The van der Waals surface area contributed by atoms with Crippen molar-refractivity contribution < 1.29 is 22.0 Å². The van der Waals surface area contributed by atoms with E-state index >= 15 is 0 Å². The Morgan fingerprint density at radius 1 is 1.15 bits per heavy atom. The Balaban J connectivity index is 1.84. The Morgan fingerprint density at radius 2 is 1.92 bits per heavy atom. The fourth-order valence-corrected chi connectivity index (χ4v) is 4.84. The van der Waals surface area contributed by atoms with Gasteiger partial charge in [-0.3, -0.25) is 4.79 Å². The minimum absolute atomic E-state index is 0.0511. The summed E-state index contributed by atoms with van der Waals surface area (Å²) in [5.74, 6) is -2.74. The monoisotopic (exact) mass is 399 g/mol. The Labute approximate surface area is 155 Å². The number of carbonyl (C=O) groups is 1. The average Bonchev–Trinajstić information content (AvgIpc) is 2.61.